The highest BCUT2D eigenvalue weighted by Gasteiger charge is 2.33. The Balaban J connectivity index is 2.47. The third kappa shape index (κ3) is 5.30. The van der Waals surface area contributed by atoms with Gasteiger partial charge in [0, 0.05) is 6.04 Å². The van der Waals surface area contributed by atoms with Gasteiger partial charge < -0.3 is 5.32 Å². The summed E-state index contributed by atoms with van der Waals surface area (Å²) in [6.45, 7) is 8.43. The second-order valence-electron chi connectivity index (χ2n) is 6.57. The number of piperidine rings is 1. The Labute approximate surface area is 115 Å². The molecule has 0 radical (unpaired) electrons. The second-order valence-corrected chi connectivity index (χ2v) is 6.57. The molecule has 0 spiro atoms. The van der Waals surface area contributed by atoms with E-state index in [0.717, 1.165) is 6.04 Å². The van der Waals surface area contributed by atoms with Crippen LogP contribution in [0.25, 0.3) is 0 Å². The Morgan fingerprint density at radius 3 is 2.00 bits per heavy atom. The van der Waals surface area contributed by atoms with Gasteiger partial charge in [-0.25, -0.2) is 0 Å². The van der Waals surface area contributed by atoms with Crippen LogP contribution in [0.5, 0.6) is 0 Å². The fraction of sp³-hybridized carbons (Fsp3) is 1.00. The summed E-state index contributed by atoms with van der Waals surface area (Å²) < 4.78 is 0. The minimum Gasteiger partial charge on any atom is -0.313 e. The highest BCUT2D eigenvalue weighted by Crippen LogP contribution is 2.37. The molecule has 1 aliphatic rings. The van der Waals surface area contributed by atoms with Crippen molar-refractivity contribution in [2.45, 2.75) is 97.4 Å². The van der Waals surface area contributed by atoms with Gasteiger partial charge in [-0.15, -0.1) is 0 Å². The predicted octanol–water partition coefficient (Wildman–Crippen LogP) is 5.30. The lowest BCUT2D eigenvalue weighted by atomic mass is 9.71. The summed E-state index contributed by atoms with van der Waals surface area (Å²) in [5.41, 5.74) is 0.560. The molecule has 1 saturated heterocycles. The zero-order chi connectivity index (χ0) is 13.3. The van der Waals surface area contributed by atoms with Crippen LogP contribution in [0.2, 0.25) is 0 Å². The van der Waals surface area contributed by atoms with Gasteiger partial charge in [0.15, 0.2) is 0 Å². The van der Waals surface area contributed by atoms with Crippen LogP contribution < -0.4 is 5.32 Å². The first-order valence-corrected chi connectivity index (χ1v) is 8.46. The topological polar surface area (TPSA) is 12.0 Å². The van der Waals surface area contributed by atoms with Crippen LogP contribution >= 0.6 is 0 Å². The molecule has 1 heteroatoms. The molecule has 1 N–H and O–H groups in total. The normalized spacial score (nSPS) is 21.2. The molecule has 0 amide bonds. The molecule has 0 bridgehead atoms. The van der Waals surface area contributed by atoms with Gasteiger partial charge in [0.2, 0.25) is 0 Å². The quantitative estimate of drug-likeness (QED) is 0.550. The number of hydrogen-bond donors (Lipinski definition) is 1. The third-order valence-corrected chi connectivity index (χ3v) is 4.85. The van der Waals surface area contributed by atoms with Crippen molar-refractivity contribution in [1.82, 2.24) is 5.32 Å². The van der Waals surface area contributed by atoms with Gasteiger partial charge in [-0.3, -0.25) is 0 Å². The first-order valence-electron chi connectivity index (χ1n) is 8.46. The number of nitrogens with one attached hydrogen (secondary N) is 1. The maximum Gasteiger partial charge on any atom is 0.0121 e. The van der Waals surface area contributed by atoms with Crippen LogP contribution in [0.4, 0.5) is 0 Å². The Kier molecular flexibility index (Phi) is 7.97. The lowest BCUT2D eigenvalue weighted by Gasteiger charge is -2.41. The highest BCUT2D eigenvalue weighted by atomic mass is 14.9. The maximum absolute atomic E-state index is 3.81. The van der Waals surface area contributed by atoms with E-state index in [1.807, 2.05) is 0 Å². The molecule has 1 unspecified atom stereocenters. The average Bonchev–Trinajstić information content (AvgIpc) is 2.40. The van der Waals surface area contributed by atoms with Crippen LogP contribution in [-0.4, -0.2) is 12.6 Å². The first-order chi connectivity index (χ1) is 8.73. The van der Waals surface area contributed by atoms with Crippen molar-refractivity contribution in [3.8, 4) is 0 Å². The molecule has 1 nitrogen and oxygen atoms in total. The summed E-state index contributed by atoms with van der Waals surface area (Å²) in [6.07, 6.45) is 15.5. The van der Waals surface area contributed by atoms with Crippen molar-refractivity contribution in [2.75, 3.05) is 6.54 Å². The Bertz CT molecular complexity index is 184. The molecule has 108 valence electrons. The van der Waals surface area contributed by atoms with Crippen LogP contribution in [-0.2, 0) is 0 Å². The summed E-state index contributed by atoms with van der Waals surface area (Å²) >= 11 is 0. The summed E-state index contributed by atoms with van der Waals surface area (Å²) in [5.74, 6) is 0. The summed E-state index contributed by atoms with van der Waals surface area (Å²) in [4.78, 5) is 0. The molecule has 18 heavy (non-hydrogen) atoms. The second kappa shape index (κ2) is 8.96. The predicted molar refractivity (Wildman–Crippen MR) is 82.0 cm³/mol. The van der Waals surface area contributed by atoms with E-state index in [1.54, 1.807) is 0 Å². The van der Waals surface area contributed by atoms with Gasteiger partial charge in [0.05, 0.1) is 0 Å². The average molecular weight is 253 g/mol. The minimum absolute atomic E-state index is 0.560. The van der Waals surface area contributed by atoms with Crippen molar-refractivity contribution in [2.24, 2.45) is 5.41 Å². The van der Waals surface area contributed by atoms with E-state index in [9.17, 15) is 0 Å². The SMILES string of the molecule is CCCCCC(C)(CCCCC)C1CCCCN1. The van der Waals surface area contributed by atoms with Gasteiger partial charge >= 0.3 is 0 Å². The van der Waals surface area contributed by atoms with Crippen molar-refractivity contribution in [3.63, 3.8) is 0 Å². The third-order valence-electron chi connectivity index (χ3n) is 4.85. The Hall–Kier alpha value is -0.0400. The van der Waals surface area contributed by atoms with Gasteiger partial charge in [0.25, 0.3) is 0 Å². The van der Waals surface area contributed by atoms with Crippen LogP contribution in [0.3, 0.4) is 0 Å². The van der Waals surface area contributed by atoms with Crippen LogP contribution in [0.15, 0.2) is 0 Å². The first kappa shape index (κ1) is 16.0. The van der Waals surface area contributed by atoms with Crippen molar-refractivity contribution in [1.29, 1.82) is 0 Å². The van der Waals surface area contributed by atoms with E-state index in [4.69, 9.17) is 0 Å². The minimum atomic E-state index is 0.560. The molecule has 1 rings (SSSR count). The maximum atomic E-state index is 3.81. The monoisotopic (exact) mass is 253 g/mol. The van der Waals surface area contributed by atoms with E-state index < -0.39 is 0 Å². The molecular formula is C17H35N. The van der Waals surface area contributed by atoms with Crippen molar-refractivity contribution >= 4 is 0 Å². The largest absolute Gasteiger partial charge is 0.313 e. The fourth-order valence-electron chi connectivity index (χ4n) is 3.48. The number of hydrogen-bond acceptors (Lipinski definition) is 1. The van der Waals surface area contributed by atoms with E-state index in [-0.39, 0.29) is 0 Å². The van der Waals surface area contributed by atoms with Gasteiger partial charge in [-0.2, -0.15) is 0 Å². The molecule has 0 aromatic rings. The van der Waals surface area contributed by atoms with Crippen LogP contribution in [0.1, 0.15) is 91.4 Å². The summed E-state index contributed by atoms with van der Waals surface area (Å²) in [6, 6.07) is 0.792. The van der Waals surface area contributed by atoms with E-state index in [0.29, 0.717) is 5.41 Å². The van der Waals surface area contributed by atoms with Gasteiger partial charge in [0.1, 0.15) is 0 Å². The van der Waals surface area contributed by atoms with Crippen molar-refractivity contribution < 1.29 is 0 Å². The molecule has 0 saturated carbocycles. The molecule has 1 atom stereocenters. The zero-order valence-corrected chi connectivity index (χ0v) is 13.1. The molecule has 0 aliphatic carbocycles. The summed E-state index contributed by atoms with van der Waals surface area (Å²) in [5, 5.41) is 3.81. The number of unbranched alkanes of at least 4 members (excludes halogenated alkanes) is 4. The number of rotatable bonds is 9. The fourth-order valence-corrected chi connectivity index (χ4v) is 3.48. The van der Waals surface area contributed by atoms with Gasteiger partial charge in [-0.05, 0) is 37.6 Å². The highest BCUT2D eigenvalue weighted by molar-refractivity contribution is 4.89. The Morgan fingerprint density at radius 2 is 1.56 bits per heavy atom. The smallest absolute Gasteiger partial charge is 0.0121 e. The van der Waals surface area contributed by atoms with Gasteiger partial charge in [-0.1, -0.05) is 65.7 Å². The van der Waals surface area contributed by atoms with Crippen LogP contribution in [0, 0.1) is 5.41 Å². The van der Waals surface area contributed by atoms with Crippen molar-refractivity contribution in [3.05, 3.63) is 0 Å². The zero-order valence-electron chi connectivity index (χ0n) is 13.1. The molecule has 0 aromatic carbocycles. The standard InChI is InChI=1S/C17H35N/c1-4-6-9-13-17(3,14-10-7-5-2)16-12-8-11-15-18-16/h16,18H,4-15H2,1-3H3. The lowest BCUT2D eigenvalue weighted by Crippen LogP contribution is -2.46. The molecule has 0 aromatic heterocycles. The van der Waals surface area contributed by atoms with E-state index in [2.05, 4.69) is 26.1 Å². The Morgan fingerprint density at radius 1 is 0.944 bits per heavy atom. The molecular weight excluding hydrogens is 218 g/mol. The summed E-state index contributed by atoms with van der Waals surface area (Å²) in [7, 11) is 0. The lowest BCUT2D eigenvalue weighted by molar-refractivity contribution is 0.145. The van der Waals surface area contributed by atoms with E-state index >= 15 is 0 Å². The van der Waals surface area contributed by atoms with E-state index in [1.165, 1.54) is 77.2 Å². The molecule has 1 aliphatic heterocycles. The molecule has 1 fully saturated rings. The molecule has 1 heterocycles.